The lowest BCUT2D eigenvalue weighted by Gasteiger charge is -2.28. The summed E-state index contributed by atoms with van der Waals surface area (Å²) in [7, 11) is 0. The number of fused-ring (bicyclic) bond motifs is 3. The first kappa shape index (κ1) is 22.8. The maximum atomic E-state index is 15.2. The Hall–Kier alpha value is -3.63. The van der Waals surface area contributed by atoms with Crippen LogP contribution in [0.3, 0.4) is 0 Å². The van der Waals surface area contributed by atoms with Crippen LogP contribution in [-0.4, -0.2) is 53.8 Å². The lowest BCUT2D eigenvalue weighted by Crippen LogP contribution is -2.43. The van der Waals surface area contributed by atoms with Gasteiger partial charge >= 0.3 is 6.61 Å². The van der Waals surface area contributed by atoms with Crippen LogP contribution in [0.15, 0.2) is 54.9 Å². The zero-order valence-corrected chi connectivity index (χ0v) is 19.3. The predicted molar refractivity (Wildman–Crippen MR) is 128 cm³/mol. The van der Waals surface area contributed by atoms with Crippen molar-refractivity contribution in [1.82, 2.24) is 19.7 Å². The molecule has 1 saturated heterocycles. The van der Waals surface area contributed by atoms with E-state index in [-0.39, 0.29) is 5.75 Å². The van der Waals surface area contributed by atoms with Crippen molar-refractivity contribution < 1.29 is 22.6 Å². The topological polar surface area (TPSA) is 63.9 Å². The van der Waals surface area contributed by atoms with Gasteiger partial charge in [0.1, 0.15) is 29.1 Å². The van der Waals surface area contributed by atoms with E-state index in [1.807, 2.05) is 12.1 Å². The van der Waals surface area contributed by atoms with Crippen LogP contribution in [0.5, 0.6) is 5.75 Å². The molecule has 1 atom stereocenters. The van der Waals surface area contributed by atoms with Crippen LogP contribution in [0.2, 0.25) is 0 Å². The number of pyridine rings is 2. The van der Waals surface area contributed by atoms with Crippen LogP contribution in [0.1, 0.15) is 23.1 Å². The Morgan fingerprint density at radius 2 is 1.94 bits per heavy atom. The number of piperazine rings is 1. The van der Waals surface area contributed by atoms with Gasteiger partial charge < -0.3 is 19.7 Å². The molecule has 10 heteroatoms. The van der Waals surface area contributed by atoms with Crippen LogP contribution in [-0.2, 0) is 11.2 Å². The van der Waals surface area contributed by atoms with Gasteiger partial charge in [0, 0.05) is 67.8 Å². The lowest BCUT2D eigenvalue weighted by atomic mass is 10.0. The second-order valence-electron chi connectivity index (χ2n) is 8.77. The number of rotatable bonds is 5. The molecule has 4 aromatic rings. The highest BCUT2D eigenvalue weighted by Crippen LogP contribution is 2.39. The molecule has 0 saturated carbocycles. The van der Waals surface area contributed by atoms with Crippen molar-refractivity contribution in [2.45, 2.75) is 19.1 Å². The van der Waals surface area contributed by atoms with Gasteiger partial charge in [-0.25, -0.2) is 14.4 Å². The van der Waals surface area contributed by atoms with E-state index >= 15 is 4.39 Å². The third-order valence-electron chi connectivity index (χ3n) is 6.61. The molecule has 6 rings (SSSR count). The fraction of sp³-hybridized carbons (Fsp3) is 0.308. The van der Waals surface area contributed by atoms with Crippen molar-refractivity contribution in [1.29, 1.82) is 0 Å². The molecule has 2 aliphatic rings. The van der Waals surface area contributed by atoms with Crippen molar-refractivity contribution in [2.24, 2.45) is 0 Å². The highest BCUT2D eigenvalue weighted by molar-refractivity contribution is 5.67. The molecule has 1 fully saturated rings. The second kappa shape index (κ2) is 9.44. The van der Waals surface area contributed by atoms with E-state index in [4.69, 9.17) is 9.47 Å². The molecule has 1 N–H and O–H groups in total. The van der Waals surface area contributed by atoms with Crippen LogP contribution in [0.4, 0.5) is 19.0 Å². The molecular weight excluding hydrogens is 471 g/mol. The first-order valence-corrected chi connectivity index (χ1v) is 11.9. The average molecular weight is 496 g/mol. The van der Waals surface area contributed by atoms with Crippen molar-refractivity contribution in [2.75, 3.05) is 37.7 Å². The Bertz CT molecular complexity index is 1390. The van der Waals surface area contributed by atoms with E-state index in [1.165, 1.54) is 12.1 Å². The monoisotopic (exact) mass is 495 g/mol. The highest BCUT2D eigenvalue weighted by Gasteiger charge is 2.31. The van der Waals surface area contributed by atoms with E-state index in [0.29, 0.717) is 41.1 Å². The molecule has 7 nitrogen and oxygen atoms in total. The minimum absolute atomic E-state index is 0.0373. The molecule has 0 aliphatic carbocycles. The summed E-state index contributed by atoms with van der Waals surface area (Å²) in [5.74, 6) is 0.474. The van der Waals surface area contributed by atoms with Gasteiger partial charge in [0.25, 0.3) is 0 Å². The molecule has 186 valence electrons. The van der Waals surface area contributed by atoms with Gasteiger partial charge in [0.15, 0.2) is 0 Å². The number of nitrogens with zero attached hydrogens (tertiary/aromatic N) is 4. The fourth-order valence-electron chi connectivity index (χ4n) is 4.92. The van der Waals surface area contributed by atoms with E-state index in [9.17, 15) is 8.78 Å². The molecule has 36 heavy (non-hydrogen) atoms. The Kier molecular flexibility index (Phi) is 5.98. The molecule has 0 radical (unpaired) electrons. The van der Waals surface area contributed by atoms with Gasteiger partial charge in [0.2, 0.25) is 0 Å². The minimum Gasteiger partial charge on any atom is -0.434 e. The number of alkyl halides is 2. The number of anilines is 1. The van der Waals surface area contributed by atoms with Gasteiger partial charge in [0.05, 0.1) is 18.0 Å². The number of halogens is 3. The quantitative estimate of drug-likeness (QED) is 0.448. The number of ether oxygens (including phenoxy) is 2. The summed E-state index contributed by atoms with van der Waals surface area (Å²) < 4.78 is 53.9. The third kappa shape index (κ3) is 4.16. The molecule has 0 bridgehead atoms. The van der Waals surface area contributed by atoms with Gasteiger partial charge in [-0.05, 0) is 18.2 Å². The van der Waals surface area contributed by atoms with Crippen molar-refractivity contribution in [3.05, 3.63) is 77.6 Å². The first-order valence-electron chi connectivity index (χ1n) is 11.9. The summed E-state index contributed by atoms with van der Waals surface area (Å²) >= 11 is 0. The van der Waals surface area contributed by atoms with Gasteiger partial charge in [-0.3, -0.25) is 4.40 Å². The number of benzene rings is 1. The average Bonchev–Trinajstić information content (AvgIpc) is 3.26. The SMILES string of the molecule is Fc1cc2nc3c(n2cc1-c1ccc(N2CCNCC2)nc1)[C@@H](c1ccccc1OC(F)F)OCC3. The first-order chi connectivity index (χ1) is 17.6. The third-order valence-corrected chi connectivity index (χ3v) is 6.61. The maximum absolute atomic E-state index is 15.2. The van der Waals surface area contributed by atoms with Crippen molar-refractivity contribution in [3.63, 3.8) is 0 Å². The van der Waals surface area contributed by atoms with E-state index in [0.717, 1.165) is 37.7 Å². The standard InChI is InChI=1S/C26H24F3N5O2/c27-19-13-23-32-20-7-12-35-25(17-3-1-2-4-21(17)36-26(28)29)24(20)34(23)15-18(19)16-5-6-22(31-14-16)33-10-8-30-9-11-33/h1-6,13-15,25-26,30H,7-12H2/t25-/m1/s1. The van der Waals surface area contributed by atoms with Crippen LogP contribution >= 0.6 is 0 Å². The summed E-state index contributed by atoms with van der Waals surface area (Å²) in [6.45, 7) is 0.924. The second-order valence-corrected chi connectivity index (χ2v) is 8.77. The zero-order valence-electron chi connectivity index (χ0n) is 19.3. The summed E-state index contributed by atoms with van der Waals surface area (Å²) in [4.78, 5) is 11.4. The molecule has 2 aliphatic heterocycles. The van der Waals surface area contributed by atoms with E-state index < -0.39 is 18.5 Å². The van der Waals surface area contributed by atoms with Gasteiger partial charge in [-0.2, -0.15) is 8.78 Å². The highest BCUT2D eigenvalue weighted by atomic mass is 19.3. The van der Waals surface area contributed by atoms with E-state index in [2.05, 4.69) is 20.2 Å². The Morgan fingerprint density at radius 1 is 1.11 bits per heavy atom. The summed E-state index contributed by atoms with van der Waals surface area (Å²) in [6, 6.07) is 11.7. The predicted octanol–water partition coefficient (Wildman–Crippen LogP) is 4.21. The Balaban J connectivity index is 1.41. The lowest BCUT2D eigenvalue weighted by molar-refractivity contribution is -0.0522. The number of para-hydroxylation sites is 1. The number of hydrogen-bond donors (Lipinski definition) is 1. The van der Waals surface area contributed by atoms with Gasteiger partial charge in [-0.1, -0.05) is 18.2 Å². The van der Waals surface area contributed by atoms with E-state index in [1.54, 1.807) is 35.0 Å². The summed E-state index contributed by atoms with van der Waals surface area (Å²) in [6.07, 6.45) is 3.19. The van der Waals surface area contributed by atoms with Crippen LogP contribution < -0.4 is 15.0 Å². The van der Waals surface area contributed by atoms with Crippen LogP contribution in [0.25, 0.3) is 16.8 Å². The molecule has 5 heterocycles. The normalized spacial score (nSPS) is 18.0. The molecular formula is C26H24F3N5O2. The minimum atomic E-state index is -2.96. The summed E-state index contributed by atoms with van der Waals surface area (Å²) in [5.41, 5.74) is 3.30. The Labute approximate surface area is 205 Å². The molecule has 0 unspecified atom stereocenters. The largest absolute Gasteiger partial charge is 0.434 e. The van der Waals surface area contributed by atoms with Gasteiger partial charge in [-0.15, -0.1) is 0 Å². The number of aromatic nitrogens is 3. The number of imidazole rings is 1. The molecule has 1 aromatic carbocycles. The smallest absolute Gasteiger partial charge is 0.387 e. The molecule has 0 spiro atoms. The fourth-order valence-corrected chi connectivity index (χ4v) is 4.92. The zero-order chi connectivity index (χ0) is 24.6. The number of nitrogens with one attached hydrogen (secondary N) is 1. The number of hydrogen-bond acceptors (Lipinski definition) is 6. The maximum Gasteiger partial charge on any atom is 0.387 e. The van der Waals surface area contributed by atoms with Crippen molar-refractivity contribution in [3.8, 4) is 16.9 Å². The van der Waals surface area contributed by atoms with Crippen LogP contribution in [0, 0.1) is 5.82 Å². The van der Waals surface area contributed by atoms with Crippen molar-refractivity contribution >= 4 is 11.5 Å². The molecule has 3 aromatic heterocycles. The Morgan fingerprint density at radius 3 is 2.72 bits per heavy atom. The molecule has 0 amide bonds. The summed E-state index contributed by atoms with van der Waals surface area (Å²) in [5, 5.41) is 3.31.